The zero-order valence-electron chi connectivity index (χ0n) is 18.5. The second-order valence-electron chi connectivity index (χ2n) is 8.79. The quantitative estimate of drug-likeness (QED) is 0.658. The van der Waals surface area contributed by atoms with Gasteiger partial charge in [-0.25, -0.2) is 14.1 Å². The number of anilines is 2. The molecule has 1 aromatic carbocycles. The monoisotopic (exact) mass is 475 g/mol. The second kappa shape index (κ2) is 8.62. The van der Waals surface area contributed by atoms with Crippen molar-refractivity contribution in [2.75, 3.05) is 22.8 Å². The first kappa shape index (κ1) is 22.2. The molecule has 0 radical (unpaired) electrons. The zero-order valence-corrected chi connectivity index (χ0v) is 19.3. The number of hydrogen-bond donors (Lipinski definition) is 1. The molecule has 178 valence electrons. The fourth-order valence-corrected chi connectivity index (χ4v) is 6.40. The van der Waals surface area contributed by atoms with Crippen LogP contribution < -0.4 is 9.62 Å². The van der Waals surface area contributed by atoms with Gasteiger partial charge in [0.15, 0.2) is 0 Å². The second-order valence-corrected chi connectivity index (χ2v) is 10.4. The van der Waals surface area contributed by atoms with E-state index in [4.69, 9.17) is 9.15 Å². The van der Waals surface area contributed by atoms with Gasteiger partial charge in [-0.05, 0) is 80.5 Å². The molecular weight excluding hydrogens is 448 g/mol. The van der Waals surface area contributed by atoms with Crippen LogP contribution >= 0.6 is 0 Å². The van der Waals surface area contributed by atoms with Crippen molar-refractivity contribution in [3.8, 4) is 0 Å². The lowest BCUT2D eigenvalue weighted by molar-refractivity contribution is 0.0866. The summed E-state index contributed by atoms with van der Waals surface area (Å²) in [6.07, 6.45) is 7.48. The molecule has 1 N–H and O–H groups in total. The smallest absolute Gasteiger partial charge is 0.326 e. The van der Waals surface area contributed by atoms with Gasteiger partial charge in [-0.15, -0.1) is 0 Å². The van der Waals surface area contributed by atoms with Crippen LogP contribution in [0.5, 0.6) is 0 Å². The number of aryl methyl sites for hydroxylation is 3. The van der Waals surface area contributed by atoms with Gasteiger partial charge in [0.2, 0.25) is 0 Å². The van der Waals surface area contributed by atoms with E-state index >= 15 is 0 Å². The fourth-order valence-electron chi connectivity index (χ4n) is 5.11. The van der Waals surface area contributed by atoms with Gasteiger partial charge in [0.05, 0.1) is 12.2 Å². The summed E-state index contributed by atoms with van der Waals surface area (Å²) < 4.78 is 37.9. The SMILES string of the molecule is Cc1cnc(N(C2CCOCC2)S(=O)(=O)N([O-])C(=O)Nc2c3c(cc4c2CCC4)CCC3)o1. The van der Waals surface area contributed by atoms with E-state index in [9.17, 15) is 18.4 Å². The Morgan fingerprint density at radius 3 is 2.33 bits per heavy atom. The summed E-state index contributed by atoms with van der Waals surface area (Å²) in [5, 5.41) is 15.7. The van der Waals surface area contributed by atoms with Crippen molar-refractivity contribution in [3.05, 3.63) is 45.5 Å². The molecule has 5 rings (SSSR count). The minimum Gasteiger partial charge on any atom is -0.740 e. The van der Waals surface area contributed by atoms with Gasteiger partial charge in [0, 0.05) is 18.9 Å². The van der Waals surface area contributed by atoms with E-state index in [1.807, 2.05) is 0 Å². The van der Waals surface area contributed by atoms with Crippen LogP contribution in [0.25, 0.3) is 0 Å². The molecule has 1 aliphatic heterocycles. The highest BCUT2D eigenvalue weighted by Crippen LogP contribution is 2.39. The van der Waals surface area contributed by atoms with Gasteiger partial charge in [0.1, 0.15) is 5.76 Å². The number of amides is 2. The van der Waals surface area contributed by atoms with Crippen LogP contribution in [0.3, 0.4) is 0 Å². The minimum absolute atomic E-state index is 0.227. The maximum Gasteiger partial charge on any atom is 0.326 e. The van der Waals surface area contributed by atoms with E-state index < -0.39 is 26.8 Å². The Bertz CT molecular complexity index is 1140. The lowest BCUT2D eigenvalue weighted by atomic mass is 9.99. The molecule has 0 atom stereocenters. The maximum absolute atomic E-state index is 13.4. The number of hydrogen-bond acceptors (Lipinski definition) is 7. The van der Waals surface area contributed by atoms with Crippen molar-refractivity contribution in [1.82, 2.24) is 9.45 Å². The molecule has 2 amide bonds. The molecule has 0 bridgehead atoms. The summed E-state index contributed by atoms with van der Waals surface area (Å²) in [7, 11) is -4.80. The number of nitrogens with zero attached hydrogens (tertiary/aromatic N) is 3. The zero-order chi connectivity index (χ0) is 23.2. The van der Waals surface area contributed by atoms with Crippen molar-refractivity contribution in [1.29, 1.82) is 0 Å². The van der Waals surface area contributed by atoms with E-state index in [0.717, 1.165) is 54.0 Å². The minimum atomic E-state index is -4.80. The number of fused-ring (bicyclic) bond motifs is 2. The highest BCUT2D eigenvalue weighted by molar-refractivity contribution is 7.91. The number of oxazole rings is 1. The van der Waals surface area contributed by atoms with Gasteiger partial charge in [0.25, 0.3) is 0 Å². The molecule has 2 aliphatic carbocycles. The molecular formula is C22H27N4O6S-. The fraction of sp³-hybridized carbons (Fsp3) is 0.545. The van der Waals surface area contributed by atoms with Crippen molar-refractivity contribution in [2.24, 2.45) is 0 Å². The Morgan fingerprint density at radius 1 is 1.12 bits per heavy atom. The highest BCUT2D eigenvalue weighted by atomic mass is 32.2. The van der Waals surface area contributed by atoms with Gasteiger partial charge in [-0.3, -0.25) is 4.47 Å². The molecule has 1 saturated heterocycles. The third-order valence-corrected chi connectivity index (χ3v) is 8.19. The van der Waals surface area contributed by atoms with E-state index in [0.29, 0.717) is 37.5 Å². The average Bonchev–Trinajstić information content (AvgIpc) is 3.55. The summed E-state index contributed by atoms with van der Waals surface area (Å²) in [6, 6.07) is 0.139. The lowest BCUT2D eigenvalue weighted by Gasteiger charge is -2.38. The largest absolute Gasteiger partial charge is 0.740 e. The van der Waals surface area contributed by atoms with Crippen molar-refractivity contribution in [3.63, 3.8) is 0 Å². The standard InChI is InChI=1S/C22H27N4O6S/c1-14-13-23-22(32-14)25(17-8-10-31-11-9-17)33(29,30)26(28)21(27)24-20-18-6-2-4-15(18)12-16-5-3-7-19(16)20/h12-13,17H,2-11H2,1H3,(H,24,27)/q-1. The number of urea groups is 1. The number of ether oxygens (including phenoxy) is 1. The molecule has 2 heterocycles. The Hall–Kier alpha value is -2.63. The molecule has 10 nitrogen and oxygen atoms in total. The summed E-state index contributed by atoms with van der Waals surface area (Å²) >= 11 is 0. The van der Waals surface area contributed by atoms with Crippen LogP contribution in [0.15, 0.2) is 16.7 Å². The number of carbonyl (C=O) groups excluding carboxylic acids is 1. The molecule has 33 heavy (non-hydrogen) atoms. The van der Waals surface area contributed by atoms with E-state index in [-0.39, 0.29) is 6.01 Å². The maximum atomic E-state index is 13.4. The van der Waals surface area contributed by atoms with Gasteiger partial charge >= 0.3 is 22.3 Å². The molecule has 2 aromatic rings. The summed E-state index contributed by atoms with van der Waals surface area (Å²) in [6.45, 7) is 2.30. The molecule has 1 aromatic heterocycles. The van der Waals surface area contributed by atoms with Crippen molar-refractivity contribution < 1.29 is 22.4 Å². The Balaban J connectivity index is 1.45. The Kier molecular flexibility index (Phi) is 5.79. The van der Waals surface area contributed by atoms with E-state index in [1.165, 1.54) is 17.3 Å². The van der Waals surface area contributed by atoms with Crippen molar-refractivity contribution in [2.45, 2.75) is 64.3 Å². The van der Waals surface area contributed by atoms with Crippen LogP contribution in [0, 0.1) is 12.1 Å². The number of hydroxylamine groups is 1. The summed E-state index contributed by atoms with van der Waals surface area (Å²) in [5.41, 5.74) is 4.98. The number of carbonyl (C=O) groups is 1. The molecule has 0 unspecified atom stereocenters. The molecule has 3 aliphatic rings. The molecule has 11 heteroatoms. The van der Waals surface area contributed by atoms with Crippen LogP contribution in [0.2, 0.25) is 0 Å². The molecule has 1 fully saturated rings. The van der Waals surface area contributed by atoms with Crippen LogP contribution in [0.1, 0.15) is 53.7 Å². The van der Waals surface area contributed by atoms with Crippen LogP contribution in [0.4, 0.5) is 16.5 Å². The predicted octanol–water partition coefficient (Wildman–Crippen LogP) is 3.22. The summed E-state index contributed by atoms with van der Waals surface area (Å²) in [5.74, 6) is 0.398. The molecule has 0 saturated carbocycles. The van der Waals surface area contributed by atoms with E-state index in [1.54, 1.807) is 6.92 Å². The van der Waals surface area contributed by atoms with Crippen LogP contribution in [-0.2, 0) is 40.6 Å². The topological polar surface area (TPSA) is 128 Å². The predicted molar refractivity (Wildman–Crippen MR) is 121 cm³/mol. The normalized spacial score (nSPS) is 18.1. The molecule has 0 spiro atoms. The number of benzene rings is 1. The van der Waals surface area contributed by atoms with Crippen LogP contribution in [-0.4, -0.2) is 43.2 Å². The number of rotatable bonds is 5. The van der Waals surface area contributed by atoms with Gasteiger partial charge < -0.3 is 19.7 Å². The third kappa shape index (κ3) is 3.98. The van der Waals surface area contributed by atoms with E-state index in [2.05, 4.69) is 16.4 Å². The first-order valence-electron chi connectivity index (χ1n) is 11.4. The van der Waals surface area contributed by atoms with Gasteiger partial charge in [-0.2, -0.15) is 8.42 Å². The Labute approximate surface area is 192 Å². The van der Waals surface area contributed by atoms with Crippen molar-refractivity contribution >= 4 is 27.9 Å². The lowest BCUT2D eigenvalue weighted by Crippen LogP contribution is -2.51. The Morgan fingerprint density at radius 2 is 1.76 bits per heavy atom. The third-order valence-electron chi connectivity index (χ3n) is 6.65. The highest BCUT2D eigenvalue weighted by Gasteiger charge is 2.38. The number of nitrogens with one attached hydrogen (secondary N) is 1. The summed E-state index contributed by atoms with van der Waals surface area (Å²) in [4.78, 5) is 17.0. The first-order chi connectivity index (χ1) is 15.9. The number of aromatic nitrogens is 1. The first-order valence-corrected chi connectivity index (χ1v) is 12.8. The average molecular weight is 476 g/mol. The van der Waals surface area contributed by atoms with Gasteiger partial charge in [-0.1, -0.05) is 6.07 Å².